The van der Waals surface area contributed by atoms with Crippen LogP contribution in [0.5, 0.6) is 0 Å². The standard InChI is InChI=1S/C16H30BNO3/c1-15(2)16(3,4)21-17(20-15)13(11-14(19)18-5)12-9-7-6-8-10-12/h12-13H,6-11H2,1-5H3,(H,18,19). The van der Waals surface area contributed by atoms with Gasteiger partial charge in [0, 0.05) is 19.3 Å². The van der Waals surface area contributed by atoms with Gasteiger partial charge < -0.3 is 14.6 Å². The summed E-state index contributed by atoms with van der Waals surface area (Å²) in [5, 5.41) is 2.75. The maximum Gasteiger partial charge on any atom is 0.461 e. The van der Waals surface area contributed by atoms with Crippen molar-refractivity contribution < 1.29 is 14.1 Å². The molecule has 0 spiro atoms. The molecule has 2 fully saturated rings. The first-order valence-corrected chi connectivity index (χ1v) is 8.33. The highest BCUT2D eigenvalue weighted by Gasteiger charge is 2.55. The lowest BCUT2D eigenvalue weighted by atomic mass is 9.60. The zero-order valence-corrected chi connectivity index (χ0v) is 14.2. The minimum Gasteiger partial charge on any atom is -0.403 e. The first kappa shape index (κ1) is 16.8. The van der Waals surface area contributed by atoms with Crippen LogP contribution in [0.25, 0.3) is 0 Å². The van der Waals surface area contributed by atoms with Crippen LogP contribution < -0.4 is 5.32 Å². The Morgan fingerprint density at radius 1 is 1.14 bits per heavy atom. The molecule has 0 radical (unpaired) electrons. The maximum absolute atomic E-state index is 11.9. The molecule has 2 aliphatic rings. The van der Waals surface area contributed by atoms with Crippen molar-refractivity contribution in [2.75, 3.05) is 7.05 Å². The summed E-state index contributed by atoms with van der Waals surface area (Å²) in [5.74, 6) is 0.775. The number of nitrogens with one attached hydrogen (secondary N) is 1. The van der Waals surface area contributed by atoms with Crippen LogP contribution in [0.3, 0.4) is 0 Å². The molecule has 0 aromatic carbocycles. The Morgan fingerprint density at radius 2 is 1.67 bits per heavy atom. The van der Waals surface area contributed by atoms with Crippen molar-refractivity contribution in [1.29, 1.82) is 0 Å². The molecule has 1 saturated carbocycles. The van der Waals surface area contributed by atoms with Crippen molar-refractivity contribution in [3.8, 4) is 0 Å². The van der Waals surface area contributed by atoms with Gasteiger partial charge in [0.15, 0.2) is 0 Å². The molecule has 21 heavy (non-hydrogen) atoms. The fourth-order valence-electron chi connectivity index (χ4n) is 3.43. The Kier molecular flexibility index (Phi) is 5.04. The highest BCUT2D eigenvalue weighted by atomic mass is 16.7. The summed E-state index contributed by atoms with van der Waals surface area (Å²) in [7, 11) is 1.43. The van der Waals surface area contributed by atoms with E-state index in [9.17, 15) is 4.79 Å². The zero-order valence-electron chi connectivity index (χ0n) is 14.2. The normalized spacial score (nSPS) is 26.6. The van der Waals surface area contributed by atoms with Crippen LogP contribution in [0.1, 0.15) is 66.2 Å². The molecular formula is C16H30BNO3. The quantitative estimate of drug-likeness (QED) is 0.810. The molecule has 1 heterocycles. The molecule has 0 aromatic rings. The van der Waals surface area contributed by atoms with Crippen LogP contribution in [0.2, 0.25) is 5.82 Å². The summed E-state index contributed by atoms with van der Waals surface area (Å²) in [6.45, 7) is 8.30. The minimum absolute atomic E-state index is 0.0836. The van der Waals surface area contributed by atoms with Gasteiger partial charge in [0.05, 0.1) is 11.2 Å². The predicted molar refractivity (Wildman–Crippen MR) is 85.1 cm³/mol. The van der Waals surface area contributed by atoms with E-state index in [0.29, 0.717) is 12.3 Å². The van der Waals surface area contributed by atoms with E-state index < -0.39 is 0 Å². The lowest BCUT2D eigenvalue weighted by Gasteiger charge is -2.32. The summed E-state index contributed by atoms with van der Waals surface area (Å²) >= 11 is 0. The SMILES string of the molecule is CNC(=O)CC(B1OC(C)(C)C(C)(C)O1)C1CCCCC1. The van der Waals surface area contributed by atoms with Gasteiger partial charge in [-0.3, -0.25) is 4.79 Å². The third-order valence-corrected chi connectivity index (χ3v) is 5.58. The monoisotopic (exact) mass is 295 g/mol. The summed E-state index contributed by atoms with van der Waals surface area (Å²) < 4.78 is 12.4. The molecule has 5 heteroatoms. The molecular weight excluding hydrogens is 265 g/mol. The van der Waals surface area contributed by atoms with Gasteiger partial charge >= 0.3 is 7.12 Å². The van der Waals surface area contributed by atoms with Crippen LogP contribution in [0.15, 0.2) is 0 Å². The zero-order chi connectivity index (χ0) is 15.7. The van der Waals surface area contributed by atoms with Crippen molar-refractivity contribution in [1.82, 2.24) is 5.32 Å². The Labute approximate surface area is 129 Å². The van der Waals surface area contributed by atoms with Crippen molar-refractivity contribution in [2.24, 2.45) is 5.92 Å². The molecule has 1 N–H and O–H groups in total. The fraction of sp³-hybridized carbons (Fsp3) is 0.938. The molecule has 1 unspecified atom stereocenters. The predicted octanol–water partition coefficient (Wildman–Crippen LogP) is 3.17. The number of rotatable bonds is 4. The van der Waals surface area contributed by atoms with Crippen LogP contribution in [0, 0.1) is 5.92 Å². The van der Waals surface area contributed by atoms with E-state index in [-0.39, 0.29) is 30.0 Å². The van der Waals surface area contributed by atoms with Gasteiger partial charge in [-0.05, 0) is 33.6 Å². The lowest BCUT2D eigenvalue weighted by molar-refractivity contribution is -0.121. The molecule has 1 atom stereocenters. The third-order valence-electron chi connectivity index (χ3n) is 5.58. The van der Waals surface area contributed by atoms with Crippen LogP contribution in [0.4, 0.5) is 0 Å². The highest BCUT2D eigenvalue weighted by molar-refractivity contribution is 6.48. The van der Waals surface area contributed by atoms with Crippen LogP contribution >= 0.6 is 0 Å². The van der Waals surface area contributed by atoms with Crippen LogP contribution in [-0.2, 0) is 14.1 Å². The largest absolute Gasteiger partial charge is 0.461 e. The average molecular weight is 295 g/mol. The lowest BCUT2D eigenvalue weighted by Crippen LogP contribution is -2.41. The Morgan fingerprint density at radius 3 is 2.14 bits per heavy atom. The van der Waals surface area contributed by atoms with Gasteiger partial charge in [-0.15, -0.1) is 0 Å². The van der Waals surface area contributed by atoms with Gasteiger partial charge in [0.2, 0.25) is 5.91 Å². The molecule has 120 valence electrons. The second-order valence-corrected chi connectivity index (χ2v) is 7.56. The summed E-state index contributed by atoms with van der Waals surface area (Å²) in [6, 6.07) is 0. The summed E-state index contributed by atoms with van der Waals surface area (Å²) in [5.41, 5.74) is -0.652. The topological polar surface area (TPSA) is 47.6 Å². The van der Waals surface area contributed by atoms with Gasteiger partial charge in [-0.1, -0.05) is 32.1 Å². The third kappa shape index (κ3) is 3.62. The van der Waals surface area contributed by atoms with Crippen molar-refractivity contribution in [3.63, 3.8) is 0 Å². The van der Waals surface area contributed by atoms with E-state index in [1.807, 2.05) is 0 Å². The molecule has 0 bridgehead atoms. The maximum atomic E-state index is 11.9. The number of hydrogen-bond donors (Lipinski definition) is 1. The van der Waals surface area contributed by atoms with E-state index in [1.54, 1.807) is 7.05 Å². The Balaban J connectivity index is 2.13. The van der Waals surface area contributed by atoms with Crippen molar-refractivity contribution >= 4 is 13.0 Å². The van der Waals surface area contributed by atoms with E-state index in [4.69, 9.17) is 9.31 Å². The minimum atomic E-state index is -0.326. The Hall–Kier alpha value is -0.545. The van der Waals surface area contributed by atoms with Gasteiger partial charge in [0.25, 0.3) is 0 Å². The van der Waals surface area contributed by atoms with Gasteiger partial charge in [-0.25, -0.2) is 0 Å². The Bertz CT molecular complexity index is 362. The average Bonchev–Trinajstić information content (AvgIpc) is 2.65. The molecule has 0 aromatic heterocycles. The molecule has 1 saturated heterocycles. The van der Waals surface area contributed by atoms with E-state index in [2.05, 4.69) is 33.0 Å². The first-order chi connectivity index (χ1) is 9.77. The summed E-state index contributed by atoms with van der Waals surface area (Å²) in [6.07, 6.45) is 6.70. The first-order valence-electron chi connectivity index (χ1n) is 8.33. The highest BCUT2D eigenvalue weighted by Crippen LogP contribution is 2.45. The smallest absolute Gasteiger partial charge is 0.403 e. The molecule has 1 amide bonds. The molecule has 1 aliphatic carbocycles. The second-order valence-electron chi connectivity index (χ2n) is 7.56. The summed E-state index contributed by atoms with van der Waals surface area (Å²) in [4.78, 5) is 11.9. The van der Waals surface area contributed by atoms with E-state index in [1.165, 1.54) is 32.1 Å². The van der Waals surface area contributed by atoms with Gasteiger partial charge in [-0.2, -0.15) is 0 Å². The van der Waals surface area contributed by atoms with E-state index >= 15 is 0 Å². The second kappa shape index (κ2) is 6.29. The molecule has 4 nitrogen and oxygen atoms in total. The van der Waals surface area contributed by atoms with Crippen molar-refractivity contribution in [2.45, 2.75) is 83.2 Å². The molecule has 2 rings (SSSR count). The number of amides is 1. The van der Waals surface area contributed by atoms with E-state index in [0.717, 1.165) is 0 Å². The molecule has 1 aliphatic heterocycles. The number of hydrogen-bond acceptors (Lipinski definition) is 3. The van der Waals surface area contributed by atoms with Crippen molar-refractivity contribution in [3.05, 3.63) is 0 Å². The number of carbonyl (C=O) groups excluding carboxylic acids is 1. The fourth-order valence-corrected chi connectivity index (χ4v) is 3.43. The van der Waals surface area contributed by atoms with Crippen LogP contribution in [-0.4, -0.2) is 31.3 Å². The number of carbonyl (C=O) groups is 1. The van der Waals surface area contributed by atoms with Gasteiger partial charge in [0.1, 0.15) is 0 Å².